The van der Waals surface area contributed by atoms with E-state index in [1.807, 2.05) is 18.5 Å². The fraction of sp³-hybridized carbons (Fsp3) is 0.231. The molecule has 0 saturated carbocycles. The Morgan fingerprint density at radius 3 is 2.89 bits per heavy atom. The fourth-order valence-corrected chi connectivity index (χ4v) is 2.60. The Kier molecular flexibility index (Phi) is 3.99. The van der Waals surface area contributed by atoms with Crippen LogP contribution in [0.4, 0.5) is 0 Å². The third-order valence-electron chi connectivity index (χ3n) is 2.67. The van der Waals surface area contributed by atoms with Crippen molar-refractivity contribution < 1.29 is 4.79 Å². The first-order chi connectivity index (χ1) is 8.61. The molecule has 0 unspecified atom stereocenters. The lowest BCUT2D eigenvalue weighted by atomic mass is 10.2. The number of carbonyl (C=O) groups is 1. The average molecular weight is 281 g/mol. The predicted molar refractivity (Wildman–Crippen MR) is 75.3 cm³/mol. The van der Waals surface area contributed by atoms with Crippen LogP contribution in [0, 0.1) is 6.92 Å². The van der Waals surface area contributed by atoms with Crippen molar-refractivity contribution in [1.82, 2.24) is 9.78 Å². The van der Waals surface area contributed by atoms with Crippen LogP contribution < -0.4 is 0 Å². The molecule has 0 atom stereocenters. The van der Waals surface area contributed by atoms with Crippen LogP contribution in [0.25, 0.3) is 6.08 Å². The maximum absolute atomic E-state index is 11.9. The van der Waals surface area contributed by atoms with Gasteiger partial charge in [0.1, 0.15) is 0 Å². The minimum absolute atomic E-state index is 0.0319. The first-order valence-corrected chi connectivity index (χ1v) is 6.81. The quantitative estimate of drug-likeness (QED) is 0.630. The molecule has 0 amide bonds. The summed E-state index contributed by atoms with van der Waals surface area (Å²) in [6.07, 6.45) is 5.13. The van der Waals surface area contributed by atoms with Gasteiger partial charge in [-0.25, -0.2) is 0 Å². The van der Waals surface area contributed by atoms with Gasteiger partial charge in [-0.15, -0.1) is 11.3 Å². The number of halogens is 1. The third kappa shape index (κ3) is 2.71. The van der Waals surface area contributed by atoms with Crippen molar-refractivity contribution in [2.75, 3.05) is 0 Å². The van der Waals surface area contributed by atoms with Crippen LogP contribution in [-0.2, 0) is 6.54 Å². The zero-order valence-electron chi connectivity index (χ0n) is 10.2. The normalized spacial score (nSPS) is 11.3. The van der Waals surface area contributed by atoms with E-state index < -0.39 is 0 Å². The van der Waals surface area contributed by atoms with E-state index in [1.54, 1.807) is 30.5 Å². The van der Waals surface area contributed by atoms with Crippen LogP contribution in [-0.4, -0.2) is 15.6 Å². The largest absolute Gasteiger partial charge is 0.288 e. The Balaban J connectivity index is 2.15. The molecular formula is C13H13ClN2OS. The van der Waals surface area contributed by atoms with Gasteiger partial charge in [-0.1, -0.05) is 11.6 Å². The van der Waals surface area contributed by atoms with Gasteiger partial charge in [0.2, 0.25) is 0 Å². The number of allylic oxidation sites excluding steroid dienone is 1. The SMILES string of the molecule is CCn1ncc(/C=C/C(=O)c2ccc(Cl)s2)c1C. The molecule has 0 aromatic carbocycles. The standard InChI is InChI=1S/C13H13ClN2OS/c1-3-16-9(2)10(8-15-16)4-5-11(17)12-6-7-13(14)18-12/h4-8H,3H2,1-2H3/b5-4+. The summed E-state index contributed by atoms with van der Waals surface area (Å²) in [5.41, 5.74) is 2.03. The van der Waals surface area contributed by atoms with Crippen molar-refractivity contribution in [3.8, 4) is 0 Å². The summed E-state index contributed by atoms with van der Waals surface area (Å²) >= 11 is 7.09. The van der Waals surface area contributed by atoms with Crippen molar-refractivity contribution in [3.05, 3.63) is 44.9 Å². The highest BCUT2D eigenvalue weighted by Gasteiger charge is 2.06. The summed E-state index contributed by atoms with van der Waals surface area (Å²) in [4.78, 5) is 12.5. The van der Waals surface area contributed by atoms with Crippen LogP contribution in [0.5, 0.6) is 0 Å². The van der Waals surface area contributed by atoms with Crippen molar-refractivity contribution in [2.24, 2.45) is 0 Å². The molecule has 18 heavy (non-hydrogen) atoms. The van der Waals surface area contributed by atoms with Gasteiger partial charge in [-0.05, 0) is 38.1 Å². The van der Waals surface area contributed by atoms with Gasteiger partial charge in [0.25, 0.3) is 0 Å². The molecule has 94 valence electrons. The van der Waals surface area contributed by atoms with Crippen LogP contribution in [0.15, 0.2) is 24.4 Å². The minimum Gasteiger partial charge on any atom is -0.288 e. The summed E-state index contributed by atoms with van der Waals surface area (Å²) < 4.78 is 2.52. The number of thiophene rings is 1. The summed E-state index contributed by atoms with van der Waals surface area (Å²) in [7, 11) is 0. The molecule has 0 fully saturated rings. The second-order valence-corrected chi connectivity index (χ2v) is 5.52. The van der Waals surface area contributed by atoms with Gasteiger partial charge >= 0.3 is 0 Å². The van der Waals surface area contributed by atoms with Gasteiger partial charge in [0.15, 0.2) is 5.78 Å². The molecule has 0 spiro atoms. The topological polar surface area (TPSA) is 34.9 Å². The Bertz CT molecular complexity index is 598. The summed E-state index contributed by atoms with van der Waals surface area (Å²) in [6.45, 7) is 4.85. The molecule has 0 N–H and O–H groups in total. The number of hydrogen-bond acceptors (Lipinski definition) is 3. The monoisotopic (exact) mass is 280 g/mol. The van der Waals surface area contributed by atoms with E-state index in [9.17, 15) is 4.79 Å². The number of hydrogen-bond donors (Lipinski definition) is 0. The molecule has 0 aliphatic carbocycles. The van der Waals surface area contributed by atoms with E-state index in [0.717, 1.165) is 17.8 Å². The molecule has 0 radical (unpaired) electrons. The lowest BCUT2D eigenvalue weighted by Crippen LogP contribution is -1.98. The highest BCUT2D eigenvalue weighted by molar-refractivity contribution is 7.18. The molecule has 0 saturated heterocycles. The summed E-state index contributed by atoms with van der Waals surface area (Å²) in [6, 6.07) is 3.47. The number of aromatic nitrogens is 2. The zero-order valence-corrected chi connectivity index (χ0v) is 11.8. The maximum atomic E-state index is 11.9. The molecule has 2 heterocycles. The van der Waals surface area contributed by atoms with Crippen molar-refractivity contribution in [1.29, 1.82) is 0 Å². The van der Waals surface area contributed by atoms with E-state index in [4.69, 9.17) is 11.6 Å². The van der Waals surface area contributed by atoms with E-state index in [2.05, 4.69) is 5.10 Å². The molecule has 5 heteroatoms. The van der Waals surface area contributed by atoms with E-state index >= 15 is 0 Å². The van der Waals surface area contributed by atoms with Gasteiger partial charge < -0.3 is 0 Å². The first kappa shape index (κ1) is 13.1. The molecule has 3 nitrogen and oxygen atoms in total. The number of carbonyl (C=O) groups excluding carboxylic acids is 1. The van der Waals surface area contributed by atoms with Crippen molar-refractivity contribution in [2.45, 2.75) is 20.4 Å². The predicted octanol–water partition coefficient (Wildman–Crippen LogP) is 3.82. The molecule has 2 aromatic rings. The summed E-state index contributed by atoms with van der Waals surface area (Å²) in [5, 5.41) is 4.22. The lowest BCUT2D eigenvalue weighted by molar-refractivity contribution is 0.105. The Labute approximate surface area is 115 Å². The second-order valence-electron chi connectivity index (χ2n) is 3.80. The molecule has 0 aliphatic rings. The molecule has 0 aliphatic heterocycles. The highest BCUT2D eigenvalue weighted by atomic mass is 35.5. The third-order valence-corrected chi connectivity index (χ3v) is 3.92. The van der Waals surface area contributed by atoms with Crippen LogP contribution in [0.3, 0.4) is 0 Å². The fourth-order valence-electron chi connectivity index (χ4n) is 1.64. The lowest BCUT2D eigenvalue weighted by Gasteiger charge is -1.98. The molecular weight excluding hydrogens is 268 g/mol. The average Bonchev–Trinajstić information content (AvgIpc) is 2.93. The van der Waals surface area contributed by atoms with Crippen LogP contribution in [0.2, 0.25) is 4.34 Å². The number of rotatable bonds is 4. The Morgan fingerprint density at radius 2 is 2.33 bits per heavy atom. The van der Waals surface area contributed by atoms with Gasteiger partial charge in [0, 0.05) is 17.8 Å². The van der Waals surface area contributed by atoms with Crippen molar-refractivity contribution in [3.63, 3.8) is 0 Å². The molecule has 2 aromatic heterocycles. The van der Waals surface area contributed by atoms with E-state index in [-0.39, 0.29) is 5.78 Å². The Hall–Kier alpha value is -1.39. The van der Waals surface area contributed by atoms with Gasteiger partial charge in [0.05, 0.1) is 15.4 Å². The molecule has 2 rings (SSSR count). The smallest absolute Gasteiger partial charge is 0.195 e. The number of nitrogens with zero attached hydrogens (tertiary/aromatic N) is 2. The molecule has 0 bridgehead atoms. The van der Waals surface area contributed by atoms with Crippen LogP contribution in [0.1, 0.15) is 27.9 Å². The van der Waals surface area contributed by atoms with E-state index in [1.165, 1.54) is 11.3 Å². The highest BCUT2D eigenvalue weighted by Crippen LogP contribution is 2.22. The Morgan fingerprint density at radius 1 is 1.56 bits per heavy atom. The van der Waals surface area contributed by atoms with Crippen molar-refractivity contribution >= 4 is 34.8 Å². The van der Waals surface area contributed by atoms with Crippen LogP contribution >= 0.6 is 22.9 Å². The second kappa shape index (κ2) is 5.50. The van der Waals surface area contributed by atoms with E-state index in [0.29, 0.717) is 9.21 Å². The maximum Gasteiger partial charge on any atom is 0.195 e. The minimum atomic E-state index is -0.0319. The number of aryl methyl sites for hydroxylation is 1. The van der Waals surface area contributed by atoms with Gasteiger partial charge in [-0.3, -0.25) is 9.48 Å². The summed E-state index contributed by atoms with van der Waals surface area (Å²) in [5.74, 6) is -0.0319. The number of ketones is 1. The first-order valence-electron chi connectivity index (χ1n) is 5.62. The zero-order chi connectivity index (χ0) is 13.1. The van der Waals surface area contributed by atoms with Gasteiger partial charge in [-0.2, -0.15) is 5.10 Å².